The molecule has 0 heterocycles. The zero-order chi connectivity index (χ0) is 13.7. The lowest BCUT2D eigenvalue weighted by molar-refractivity contribution is -0.0506. The Morgan fingerprint density at radius 3 is 2.67 bits per heavy atom. The van der Waals surface area contributed by atoms with Gasteiger partial charge in [0, 0.05) is 5.56 Å². The summed E-state index contributed by atoms with van der Waals surface area (Å²) < 4.78 is 33.3. The molecule has 0 aromatic heterocycles. The van der Waals surface area contributed by atoms with Gasteiger partial charge in [-0.25, -0.2) is 4.79 Å². The topological polar surface area (TPSA) is 59.3 Å². The minimum Gasteiger partial charge on any atom is -0.465 e. The van der Waals surface area contributed by atoms with Crippen molar-refractivity contribution in [1.29, 1.82) is 5.26 Å². The van der Waals surface area contributed by atoms with Crippen LogP contribution >= 0.6 is 11.6 Å². The summed E-state index contributed by atoms with van der Waals surface area (Å²) in [5.74, 6) is -1.40. The van der Waals surface area contributed by atoms with Gasteiger partial charge in [-0.2, -0.15) is 14.0 Å². The van der Waals surface area contributed by atoms with Crippen molar-refractivity contribution in [2.75, 3.05) is 7.11 Å². The molecule has 0 saturated carbocycles. The standard InChI is InChI=1S/C11H8ClF2NO3/c1-17-10(16)7-3-2-6(5-15)9(8(7)4-12)18-11(13)14/h2-3,11H,4H2,1H3. The Morgan fingerprint density at radius 2 is 2.22 bits per heavy atom. The second-order valence-electron chi connectivity index (χ2n) is 3.08. The molecule has 0 aliphatic rings. The highest BCUT2D eigenvalue weighted by atomic mass is 35.5. The van der Waals surface area contributed by atoms with E-state index in [9.17, 15) is 13.6 Å². The second-order valence-corrected chi connectivity index (χ2v) is 3.35. The van der Waals surface area contributed by atoms with Crippen molar-refractivity contribution < 1.29 is 23.0 Å². The molecule has 1 rings (SSSR count). The van der Waals surface area contributed by atoms with Gasteiger partial charge < -0.3 is 9.47 Å². The molecule has 0 fully saturated rings. The largest absolute Gasteiger partial charge is 0.465 e. The van der Waals surface area contributed by atoms with Crippen LogP contribution in [0.2, 0.25) is 0 Å². The number of carbonyl (C=O) groups excluding carboxylic acids is 1. The van der Waals surface area contributed by atoms with E-state index in [1.54, 1.807) is 6.07 Å². The first-order valence-electron chi connectivity index (χ1n) is 4.70. The van der Waals surface area contributed by atoms with E-state index in [1.165, 1.54) is 12.1 Å². The molecule has 1 aromatic rings. The Balaban J connectivity index is 3.42. The third-order valence-electron chi connectivity index (χ3n) is 2.13. The molecule has 0 unspecified atom stereocenters. The van der Waals surface area contributed by atoms with Crippen LogP contribution in [-0.2, 0) is 10.6 Å². The van der Waals surface area contributed by atoms with Crippen LogP contribution in [0.1, 0.15) is 21.5 Å². The van der Waals surface area contributed by atoms with Crippen LogP contribution < -0.4 is 4.74 Å². The highest BCUT2D eigenvalue weighted by molar-refractivity contribution is 6.18. The Kier molecular flexibility index (Phi) is 4.86. The summed E-state index contributed by atoms with van der Waals surface area (Å²) in [7, 11) is 1.15. The smallest absolute Gasteiger partial charge is 0.387 e. The average Bonchev–Trinajstić information content (AvgIpc) is 2.36. The predicted molar refractivity (Wildman–Crippen MR) is 58.7 cm³/mol. The van der Waals surface area contributed by atoms with Crippen LogP contribution in [-0.4, -0.2) is 19.7 Å². The Labute approximate surface area is 107 Å². The van der Waals surface area contributed by atoms with Gasteiger partial charge in [-0.15, -0.1) is 11.6 Å². The molecule has 0 saturated heterocycles. The fourth-order valence-electron chi connectivity index (χ4n) is 1.37. The molecule has 7 heteroatoms. The van der Waals surface area contributed by atoms with Crippen LogP contribution in [0, 0.1) is 11.3 Å². The Bertz CT molecular complexity index is 500. The highest BCUT2D eigenvalue weighted by Crippen LogP contribution is 2.30. The molecule has 0 spiro atoms. The molecule has 0 amide bonds. The summed E-state index contributed by atoms with van der Waals surface area (Å²) in [6, 6.07) is 4.16. The van der Waals surface area contributed by atoms with Crippen LogP contribution in [0.25, 0.3) is 0 Å². The third kappa shape index (κ3) is 2.87. The number of methoxy groups -OCH3 is 1. The third-order valence-corrected chi connectivity index (χ3v) is 2.39. The van der Waals surface area contributed by atoms with E-state index < -0.39 is 18.3 Å². The van der Waals surface area contributed by atoms with Crippen LogP contribution in [0.5, 0.6) is 5.75 Å². The van der Waals surface area contributed by atoms with Gasteiger partial charge in [0.1, 0.15) is 11.8 Å². The van der Waals surface area contributed by atoms with Gasteiger partial charge in [0.05, 0.1) is 24.1 Å². The SMILES string of the molecule is COC(=O)c1ccc(C#N)c(OC(F)F)c1CCl. The Morgan fingerprint density at radius 1 is 1.56 bits per heavy atom. The van der Waals surface area contributed by atoms with Gasteiger partial charge in [0.2, 0.25) is 0 Å². The summed E-state index contributed by atoms with van der Waals surface area (Å²) in [5.41, 5.74) is -0.136. The monoisotopic (exact) mass is 275 g/mol. The van der Waals surface area contributed by atoms with Crippen molar-refractivity contribution in [2.24, 2.45) is 0 Å². The summed E-state index contributed by atoms with van der Waals surface area (Å²) in [6.45, 7) is -3.12. The summed E-state index contributed by atoms with van der Waals surface area (Å²) in [6.07, 6.45) is 0. The molecule has 18 heavy (non-hydrogen) atoms. The molecular weight excluding hydrogens is 268 g/mol. The van der Waals surface area contributed by atoms with E-state index in [0.29, 0.717) is 0 Å². The molecule has 1 aromatic carbocycles. The quantitative estimate of drug-likeness (QED) is 0.626. The fourth-order valence-corrected chi connectivity index (χ4v) is 1.64. The number of hydrogen-bond donors (Lipinski definition) is 0. The first-order valence-corrected chi connectivity index (χ1v) is 5.23. The fraction of sp³-hybridized carbons (Fsp3) is 0.273. The minimum absolute atomic E-state index is 0.00265. The lowest BCUT2D eigenvalue weighted by Gasteiger charge is -2.13. The van der Waals surface area contributed by atoms with Crippen LogP contribution in [0.4, 0.5) is 8.78 Å². The number of ether oxygens (including phenoxy) is 2. The predicted octanol–water partition coefficient (Wildman–Crippen LogP) is 2.69. The van der Waals surface area contributed by atoms with Crippen LogP contribution in [0.15, 0.2) is 12.1 Å². The molecule has 4 nitrogen and oxygen atoms in total. The van der Waals surface area contributed by atoms with Gasteiger partial charge in [-0.05, 0) is 12.1 Å². The van der Waals surface area contributed by atoms with Gasteiger partial charge in [-0.1, -0.05) is 0 Å². The zero-order valence-corrected chi connectivity index (χ0v) is 10.0. The van der Waals surface area contributed by atoms with E-state index in [-0.39, 0.29) is 22.6 Å². The molecule has 0 aliphatic heterocycles. The molecule has 0 bridgehead atoms. The summed E-state index contributed by atoms with van der Waals surface area (Å²) in [5, 5.41) is 8.80. The summed E-state index contributed by atoms with van der Waals surface area (Å²) in [4.78, 5) is 11.4. The van der Waals surface area contributed by atoms with Crippen molar-refractivity contribution in [3.8, 4) is 11.8 Å². The number of esters is 1. The molecule has 0 radical (unpaired) electrons. The summed E-state index contributed by atoms with van der Waals surface area (Å²) >= 11 is 5.61. The van der Waals surface area contributed by atoms with Crippen LogP contribution in [0.3, 0.4) is 0 Å². The van der Waals surface area contributed by atoms with Crippen molar-refractivity contribution >= 4 is 17.6 Å². The lowest BCUT2D eigenvalue weighted by atomic mass is 10.0. The molecule has 0 aliphatic carbocycles. The maximum atomic E-state index is 12.3. The van der Waals surface area contributed by atoms with Crippen molar-refractivity contribution in [1.82, 2.24) is 0 Å². The maximum absolute atomic E-state index is 12.3. The first-order chi connectivity index (χ1) is 8.54. The van der Waals surface area contributed by atoms with Gasteiger partial charge >= 0.3 is 12.6 Å². The first kappa shape index (κ1) is 14.2. The van der Waals surface area contributed by atoms with E-state index >= 15 is 0 Å². The number of halogens is 3. The van der Waals surface area contributed by atoms with Gasteiger partial charge in [0.15, 0.2) is 0 Å². The highest BCUT2D eigenvalue weighted by Gasteiger charge is 2.21. The number of nitriles is 1. The number of nitrogens with zero attached hydrogens (tertiary/aromatic N) is 1. The number of benzene rings is 1. The maximum Gasteiger partial charge on any atom is 0.387 e. The van der Waals surface area contributed by atoms with Gasteiger partial charge in [0.25, 0.3) is 0 Å². The molecule has 0 N–H and O–H groups in total. The lowest BCUT2D eigenvalue weighted by Crippen LogP contribution is -2.11. The number of carbonyl (C=O) groups is 1. The van der Waals surface area contributed by atoms with E-state index in [0.717, 1.165) is 7.11 Å². The minimum atomic E-state index is -3.12. The van der Waals surface area contributed by atoms with Crippen molar-refractivity contribution in [3.05, 3.63) is 28.8 Å². The van der Waals surface area contributed by atoms with E-state index in [2.05, 4.69) is 9.47 Å². The second kappa shape index (κ2) is 6.17. The average molecular weight is 276 g/mol. The van der Waals surface area contributed by atoms with Crippen molar-refractivity contribution in [3.63, 3.8) is 0 Å². The van der Waals surface area contributed by atoms with Gasteiger partial charge in [-0.3, -0.25) is 0 Å². The molecular formula is C11H8ClF2NO3. The Hall–Kier alpha value is -1.87. The number of rotatable bonds is 4. The normalized spacial score (nSPS) is 10.0. The zero-order valence-electron chi connectivity index (χ0n) is 9.25. The molecule has 96 valence electrons. The number of hydrogen-bond acceptors (Lipinski definition) is 4. The number of alkyl halides is 3. The van der Waals surface area contributed by atoms with Crippen molar-refractivity contribution in [2.45, 2.75) is 12.5 Å². The van der Waals surface area contributed by atoms with E-state index in [4.69, 9.17) is 16.9 Å². The van der Waals surface area contributed by atoms with E-state index in [1.807, 2.05) is 0 Å². The molecule has 0 atom stereocenters.